The summed E-state index contributed by atoms with van der Waals surface area (Å²) in [6, 6.07) is 0.305. The van der Waals surface area contributed by atoms with Gasteiger partial charge in [0.1, 0.15) is 0 Å². The number of ether oxygens (including phenoxy) is 1. The van der Waals surface area contributed by atoms with E-state index in [9.17, 15) is 0 Å². The second-order valence-corrected chi connectivity index (χ2v) is 3.68. The van der Waals surface area contributed by atoms with Gasteiger partial charge in [-0.25, -0.2) is 0 Å². The fraction of sp³-hybridized carbons (Fsp3) is 0.833. The standard InChI is InChI=1S/C12H25NO/c1-6-9-13-12(10(4)5)11(7-2)14-8-3/h11-13H,4,6-9H2,1-3,5H3. The Balaban J connectivity index is 4.20. The molecule has 0 aromatic heterocycles. The van der Waals surface area contributed by atoms with Crippen molar-refractivity contribution in [3.8, 4) is 0 Å². The third kappa shape index (κ3) is 4.77. The summed E-state index contributed by atoms with van der Waals surface area (Å²) in [5.41, 5.74) is 1.17. The quantitative estimate of drug-likeness (QED) is 0.607. The lowest BCUT2D eigenvalue weighted by atomic mass is 10.0. The normalized spacial score (nSPS) is 15.1. The molecule has 2 nitrogen and oxygen atoms in total. The molecule has 0 bridgehead atoms. The van der Waals surface area contributed by atoms with Gasteiger partial charge in [-0.15, -0.1) is 0 Å². The molecule has 0 aliphatic carbocycles. The van der Waals surface area contributed by atoms with Crippen LogP contribution in [0.2, 0.25) is 0 Å². The summed E-state index contributed by atoms with van der Waals surface area (Å²) in [5.74, 6) is 0. The zero-order valence-corrected chi connectivity index (χ0v) is 10.1. The summed E-state index contributed by atoms with van der Waals surface area (Å²) in [4.78, 5) is 0. The highest BCUT2D eigenvalue weighted by molar-refractivity contribution is 5.05. The fourth-order valence-electron chi connectivity index (χ4n) is 1.59. The van der Waals surface area contributed by atoms with Crippen LogP contribution in [0.5, 0.6) is 0 Å². The number of hydrogen-bond acceptors (Lipinski definition) is 2. The number of hydrogen-bond donors (Lipinski definition) is 1. The second kappa shape index (κ2) is 8.01. The number of rotatable bonds is 8. The molecule has 0 saturated heterocycles. The van der Waals surface area contributed by atoms with Gasteiger partial charge in [0.25, 0.3) is 0 Å². The summed E-state index contributed by atoms with van der Waals surface area (Å²) in [6.45, 7) is 14.3. The van der Waals surface area contributed by atoms with Gasteiger partial charge in [0.15, 0.2) is 0 Å². The van der Waals surface area contributed by atoms with Crippen molar-refractivity contribution in [1.29, 1.82) is 0 Å². The third-order valence-electron chi connectivity index (χ3n) is 2.30. The summed E-state index contributed by atoms with van der Waals surface area (Å²) in [5, 5.41) is 3.48. The van der Waals surface area contributed by atoms with E-state index in [1.165, 1.54) is 5.57 Å². The van der Waals surface area contributed by atoms with Crippen molar-refractivity contribution in [2.45, 2.75) is 52.7 Å². The SMILES string of the molecule is C=C(C)C(NCCC)C(CC)OCC. The van der Waals surface area contributed by atoms with E-state index < -0.39 is 0 Å². The van der Waals surface area contributed by atoms with Crippen LogP contribution in [0.3, 0.4) is 0 Å². The van der Waals surface area contributed by atoms with Crippen molar-refractivity contribution in [2.24, 2.45) is 0 Å². The topological polar surface area (TPSA) is 21.3 Å². The molecule has 0 aromatic rings. The van der Waals surface area contributed by atoms with E-state index in [0.717, 1.165) is 26.0 Å². The molecule has 0 rings (SSSR count). The smallest absolute Gasteiger partial charge is 0.0763 e. The molecule has 0 heterocycles. The molecule has 14 heavy (non-hydrogen) atoms. The monoisotopic (exact) mass is 199 g/mol. The van der Waals surface area contributed by atoms with Gasteiger partial charge in [0, 0.05) is 6.61 Å². The highest BCUT2D eigenvalue weighted by Crippen LogP contribution is 2.11. The molecule has 0 aromatic carbocycles. The predicted molar refractivity (Wildman–Crippen MR) is 62.6 cm³/mol. The van der Waals surface area contributed by atoms with E-state index in [1.54, 1.807) is 0 Å². The van der Waals surface area contributed by atoms with E-state index in [0.29, 0.717) is 6.04 Å². The van der Waals surface area contributed by atoms with E-state index >= 15 is 0 Å². The minimum Gasteiger partial charge on any atom is -0.377 e. The van der Waals surface area contributed by atoms with Crippen LogP contribution in [0.1, 0.15) is 40.5 Å². The summed E-state index contributed by atoms with van der Waals surface area (Å²) in [6.07, 6.45) is 2.44. The van der Waals surface area contributed by atoms with Crippen LogP contribution >= 0.6 is 0 Å². The van der Waals surface area contributed by atoms with E-state index in [-0.39, 0.29) is 6.10 Å². The van der Waals surface area contributed by atoms with Gasteiger partial charge in [-0.05, 0) is 33.2 Å². The van der Waals surface area contributed by atoms with Gasteiger partial charge in [-0.3, -0.25) is 0 Å². The lowest BCUT2D eigenvalue weighted by molar-refractivity contribution is 0.0409. The van der Waals surface area contributed by atoms with Crippen LogP contribution in [0.15, 0.2) is 12.2 Å². The van der Waals surface area contributed by atoms with Crippen molar-refractivity contribution in [2.75, 3.05) is 13.2 Å². The van der Waals surface area contributed by atoms with Crippen molar-refractivity contribution in [1.82, 2.24) is 5.32 Å². The average molecular weight is 199 g/mol. The van der Waals surface area contributed by atoms with Gasteiger partial charge in [0.05, 0.1) is 12.1 Å². The molecular formula is C12H25NO. The summed E-state index contributed by atoms with van der Waals surface area (Å²) < 4.78 is 5.69. The maximum Gasteiger partial charge on any atom is 0.0763 e. The molecule has 2 atom stereocenters. The zero-order chi connectivity index (χ0) is 11.0. The van der Waals surface area contributed by atoms with E-state index in [4.69, 9.17) is 4.74 Å². The molecule has 0 amide bonds. The molecule has 2 unspecified atom stereocenters. The maximum absolute atomic E-state index is 5.69. The molecule has 84 valence electrons. The first-order valence-electron chi connectivity index (χ1n) is 5.67. The lowest BCUT2D eigenvalue weighted by Gasteiger charge is -2.27. The largest absolute Gasteiger partial charge is 0.377 e. The van der Waals surface area contributed by atoms with Crippen molar-refractivity contribution in [3.05, 3.63) is 12.2 Å². The Hall–Kier alpha value is -0.340. The van der Waals surface area contributed by atoms with Crippen LogP contribution in [-0.2, 0) is 4.74 Å². The van der Waals surface area contributed by atoms with Crippen LogP contribution in [0, 0.1) is 0 Å². The van der Waals surface area contributed by atoms with Crippen LogP contribution in [0.25, 0.3) is 0 Å². The maximum atomic E-state index is 5.69. The fourth-order valence-corrected chi connectivity index (χ4v) is 1.59. The molecule has 0 aliphatic heterocycles. The highest BCUT2D eigenvalue weighted by atomic mass is 16.5. The number of nitrogens with one attached hydrogen (secondary N) is 1. The Labute approximate surface area is 88.7 Å². The van der Waals surface area contributed by atoms with Crippen LogP contribution in [0.4, 0.5) is 0 Å². The lowest BCUT2D eigenvalue weighted by Crippen LogP contribution is -2.42. The first-order valence-corrected chi connectivity index (χ1v) is 5.67. The Morgan fingerprint density at radius 1 is 1.36 bits per heavy atom. The molecule has 1 N–H and O–H groups in total. The van der Waals surface area contributed by atoms with Gasteiger partial charge in [-0.1, -0.05) is 26.0 Å². The van der Waals surface area contributed by atoms with Crippen LogP contribution in [-0.4, -0.2) is 25.3 Å². The molecule has 0 aliphatic rings. The molecule has 0 radical (unpaired) electrons. The van der Waals surface area contributed by atoms with Gasteiger partial charge >= 0.3 is 0 Å². The zero-order valence-electron chi connectivity index (χ0n) is 10.1. The Morgan fingerprint density at radius 2 is 2.00 bits per heavy atom. The molecule has 2 heteroatoms. The van der Waals surface area contributed by atoms with Crippen molar-refractivity contribution >= 4 is 0 Å². The minimum atomic E-state index is 0.268. The first-order chi connectivity index (χ1) is 6.67. The van der Waals surface area contributed by atoms with E-state index in [1.807, 2.05) is 6.92 Å². The Kier molecular flexibility index (Phi) is 7.81. The molecular weight excluding hydrogens is 174 g/mol. The van der Waals surface area contributed by atoms with Gasteiger partial charge < -0.3 is 10.1 Å². The molecule has 0 spiro atoms. The predicted octanol–water partition coefficient (Wildman–Crippen LogP) is 2.75. The highest BCUT2D eigenvalue weighted by Gasteiger charge is 2.19. The van der Waals surface area contributed by atoms with Gasteiger partial charge in [-0.2, -0.15) is 0 Å². The summed E-state index contributed by atoms with van der Waals surface area (Å²) >= 11 is 0. The summed E-state index contributed by atoms with van der Waals surface area (Å²) in [7, 11) is 0. The van der Waals surface area contributed by atoms with Crippen molar-refractivity contribution < 1.29 is 4.74 Å². The average Bonchev–Trinajstić information content (AvgIpc) is 2.16. The van der Waals surface area contributed by atoms with Gasteiger partial charge in [0.2, 0.25) is 0 Å². The second-order valence-electron chi connectivity index (χ2n) is 3.68. The Morgan fingerprint density at radius 3 is 2.36 bits per heavy atom. The molecule has 0 saturated carbocycles. The Bertz CT molecular complexity index is 156. The first kappa shape index (κ1) is 13.7. The van der Waals surface area contributed by atoms with Crippen molar-refractivity contribution in [3.63, 3.8) is 0 Å². The van der Waals surface area contributed by atoms with Crippen LogP contribution < -0.4 is 5.32 Å². The minimum absolute atomic E-state index is 0.268. The molecule has 0 fully saturated rings. The van der Waals surface area contributed by atoms with E-state index in [2.05, 4.69) is 32.7 Å². The third-order valence-corrected chi connectivity index (χ3v) is 2.30.